The van der Waals surface area contributed by atoms with E-state index in [0.717, 1.165) is 18.8 Å². The monoisotopic (exact) mass is 384 g/mol. The Morgan fingerprint density at radius 3 is 2.71 bits per heavy atom. The van der Waals surface area contributed by atoms with Crippen LogP contribution in [0.2, 0.25) is 0 Å². The van der Waals surface area contributed by atoms with Gasteiger partial charge in [0.15, 0.2) is 5.96 Å². The maximum Gasteiger partial charge on any atom is 0.252 e. The Hall–Kier alpha value is -2.87. The van der Waals surface area contributed by atoms with Gasteiger partial charge >= 0.3 is 0 Å². The molecule has 3 rings (SSSR count). The molecule has 1 unspecified atom stereocenters. The third-order valence-electron chi connectivity index (χ3n) is 4.77. The molecule has 2 aromatic heterocycles. The van der Waals surface area contributed by atoms with Crippen molar-refractivity contribution in [3.05, 3.63) is 54.2 Å². The van der Waals surface area contributed by atoms with E-state index in [1.165, 1.54) is 12.8 Å². The lowest BCUT2D eigenvalue weighted by Crippen LogP contribution is -2.44. The number of nitrogens with zero attached hydrogens (tertiary/aromatic N) is 3. The number of aromatic nitrogens is 1. The highest BCUT2D eigenvalue weighted by molar-refractivity contribution is 5.93. The van der Waals surface area contributed by atoms with Crippen LogP contribution in [0.1, 0.15) is 35.0 Å². The highest BCUT2D eigenvalue weighted by Gasteiger charge is 2.25. The first-order chi connectivity index (χ1) is 13.8. The van der Waals surface area contributed by atoms with Crippen LogP contribution >= 0.6 is 0 Å². The summed E-state index contributed by atoms with van der Waals surface area (Å²) in [6.45, 7) is 3.93. The van der Waals surface area contributed by atoms with Crippen molar-refractivity contribution in [2.45, 2.75) is 18.9 Å². The zero-order chi connectivity index (χ0) is 19.6. The van der Waals surface area contributed by atoms with Crippen molar-refractivity contribution < 1.29 is 9.21 Å². The van der Waals surface area contributed by atoms with Crippen molar-refractivity contribution in [1.82, 2.24) is 25.8 Å². The Kier molecular flexibility index (Phi) is 7.43. The topological polar surface area (TPSA) is 94.8 Å². The van der Waals surface area contributed by atoms with Crippen LogP contribution in [-0.4, -0.2) is 61.5 Å². The van der Waals surface area contributed by atoms with Gasteiger partial charge in [-0.05, 0) is 50.2 Å². The van der Waals surface area contributed by atoms with Gasteiger partial charge in [-0.1, -0.05) is 0 Å². The second-order valence-corrected chi connectivity index (χ2v) is 6.65. The number of amides is 1. The Balaban J connectivity index is 1.43. The molecule has 2 aromatic rings. The molecule has 0 radical (unpaired) electrons. The lowest BCUT2D eigenvalue weighted by molar-refractivity contribution is 0.0954. The van der Waals surface area contributed by atoms with E-state index in [-0.39, 0.29) is 11.9 Å². The summed E-state index contributed by atoms with van der Waals surface area (Å²) in [7, 11) is 1.74. The van der Waals surface area contributed by atoms with Gasteiger partial charge in [-0.25, -0.2) is 0 Å². The van der Waals surface area contributed by atoms with E-state index in [9.17, 15) is 4.79 Å². The predicted octanol–water partition coefficient (Wildman–Crippen LogP) is 1.41. The minimum Gasteiger partial charge on any atom is -0.468 e. The van der Waals surface area contributed by atoms with Crippen LogP contribution in [0.5, 0.6) is 0 Å². The summed E-state index contributed by atoms with van der Waals surface area (Å²) in [5, 5.41) is 9.46. The van der Waals surface area contributed by atoms with Crippen LogP contribution in [0.3, 0.4) is 0 Å². The summed E-state index contributed by atoms with van der Waals surface area (Å²) in [4.78, 5) is 22.7. The van der Waals surface area contributed by atoms with Crippen LogP contribution in [0.15, 0.2) is 52.3 Å². The molecule has 1 aliphatic rings. The van der Waals surface area contributed by atoms with Gasteiger partial charge in [0.2, 0.25) is 0 Å². The quantitative estimate of drug-likeness (QED) is 0.362. The molecule has 0 bridgehead atoms. The molecule has 0 aromatic carbocycles. The fourth-order valence-electron chi connectivity index (χ4n) is 3.31. The molecular weight excluding hydrogens is 356 g/mol. The second-order valence-electron chi connectivity index (χ2n) is 6.65. The van der Waals surface area contributed by atoms with Gasteiger partial charge in [-0.15, -0.1) is 0 Å². The van der Waals surface area contributed by atoms with Crippen LogP contribution in [0.4, 0.5) is 0 Å². The maximum absolute atomic E-state index is 12.0. The van der Waals surface area contributed by atoms with Crippen molar-refractivity contribution in [2.75, 3.05) is 39.8 Å². The van der Waals surface area contributed by atoms with E-state index in [1.54, 1.807) is 37.8 Å². The van der Waals surface area contributed by atoms with Gasteiger partial charge in [0, 0.05) is 39.1 Å². The predicted molar refractivity (Wildman–Crippen MR) is 108 cm³/mol. The number of nitrogens with one attached hydrogen (secondary N) is 3. The average Bonchev–Trinajstić information content (AvgIpc) is 3.45. The number of carbonyl (C=O) groups excluding carboxylic acids is 1. The van der Waals surface area contributed by atoms with Gasteiger partial charge in [-0.3, -0.25) is 19.7 Å². The second kappa shape index (κ2) is 10.5. The fraction of sp³-hybridized carbons (Fsp3) is 0.450. The van der Waals surface area contributed by atoms with Crippen LogP contribution in [0, 0.1) is 0 Å². The fourth-order valence-corrected chi connectivity index (χ4v) is 3.31. The Bertz CT molecular complexity index is 741. The van der Waals surface area contributed by atoms with Gasteiger partial charge in [0.05, 0.1) is 17.9 Å². The molecule has 0 spiro atoms. The summed E-state index contributed by atoms with van der Waals surface area (Å²) in [5.74, 6) is 1.53. The van der Waals surface area contributed by atoms with Crippen LogP contribution in [0.25, 0.3) is 0 Å². The number of hydrogen-bond donors (Lipinski definition) is 3. The van der Waals surface area contributed by atoms with Gasteiger partial charge < -0.3 is 20.4 Å². The van der Waals surface area contributed by atoms with E-state index in [0.29, 0.717) is 31.2 Å². The third-order valence-corrected chi connectivity index (χ3v) is 4.77. The van der Waals surface area contributed by atoms with E-state index in [4.69, 9.17) is 4.42 Å². The number of rotatable bonds is 8. The molecule has 0 aliphatic carbocycles. The Morgan fingerprint density at radius 2 is 2.04 bits per heavy atom. The Labute approximate surface area is 165 Å². The average molecular weight is 384 g/mol. The smallest absolute Gasteiger partial charge is 0.252 e. The molecule has 8 nitrogen and oxygen atoms in total. The minimum absolute atomic E-state index is 0.134. The zero-order valence-electron chi connectivity index (χ0n) is 16.2. The van der Waals surface area contributed by atoms with Gasteiger partial charge in [-0.2, -0.15) is 0 Å². The molecule has 1 fully saturated rings. The zero-order valence-corrected chi connectivity index (χ0v) is 16.2. The molecule has 3 heterocycles. The molecule has 1 atom stereocenters. The maximum atomic E-state index is 12.0. The molecule has 1 saturated heterocycles. The summed E-state index contributed by atoms with van der Waals surface area (Å²) < 4.78 is 5.65. The largest absolute Gasteiger partial charge is 0.468 e. The van der Waals surface area contributed by atoms with Crippen LogP contribution < -0.4 is 16.0 Å². The van der Waals surface area contributed by atoms with Crippen molar-refractivity contribution in [3.8, 4) is 0 Å². The van der Waals surface area contributed by atoms with Crippen molar-refractivity contribution in [3.63, 3.8) is 0 Å². The molecule has 1 amide bonds. The van der Waals surface area contributed by atoms with E-state index >= 15 is 0 Å². The SMILES string of the molecule is CN=C(NCCNC(=O)c1cccnc1)NCC(c1ccco1)N1CCCC1. The number of pyridine rings is 1. The molecule has 8 heteroatoms. The molecular formula is C20H28N6O2. The summed E-state index contributed by atoms with van der Waals surface area (Å²) in [5.41, 5.74) is 0.553. The summed E-state index contributed by atoms with van der Waals surface area (Å²) in [6.07, 6.45) is 7.36. The van der Waals surface area contributed by atoms with Gasteiger partial charge in [0.1, 0.15) is 5.76 Å². The molecule has 150 valence electrons. The normalized spacial score (nSPS) is 16.0. The van der Waals surface area contributed by atoms with Crippen molar-refractivity contribution >= 4 is 11.9 Å². The lowest BCUT2D eigenvalue weighted by atomic mass is 10.2. The number of furan rings is 1. The van der Waals surface area contributed by atoms with E-state index in [2.05, 4.69) is 30.8 Å². The van der Waals surface area contributed by atoms with E-state index in [1.807, 2.05) is 12.1 Å². The first kappa shape index (κ1) is 19.9. The Morgan fingerprint density at radius 1 is 1.21 bits per heavy atom. The summed E-state index contributed by atoms with van der Waals surface area (Å²) in [6, 6.07) is 7.62. The number of hydrogen-bond acceptors (Lipinski definition) is 5. The van der Waals surface area contributed by atoms with Crippen molar-refractivity contribution in [1.29, 1.82) is 0 Å². The standard InChI is InChI=1S/C20H28N6O2/c1-21-20(24-10-9-23-19(27)16-6-4-8-22-14-16)25-15-17(18-7-5-13-28-18)26-11-2-3-12-26/h4-8,13-14,17H,2-3,9-12,15H2,1H3,(H,23,27)(H2,21,24,25). The summed E-state index contributed by atoms with van der Waals surface area (Å²) >= 11 is 0. The number of aliphatic imine (C=N–C) groups is 1. The van der Waals surface area contributed by atoms with Gasteiger partial charge in [0.25, 0.3) is 5.91 Å². The molecule has 3 N–H and O–H groups in total. The molecule has 28 heavy (non-hydrogen) atoms. The highest BCUT2D eigenvalue weighted by atomic mass is 16.3. The number of guanidine groups is 1. The first-order valence-corrected chi connectivity index (χ1v) is 9.68. The number of likely N-dealkylation sites (tertiary alicyclic amines) is 1. The minimum atomic E-state index is -0.134. The van der Waals surface area contributed by atoms with Crippen LogP contribution in [-0.2, 0) is 0 Å². The third kappa shape index (κ3) is 5.56. The molecule has 0 saturated carbocycles. The number of carbonyl (C=O) groups is 1. The molecule has 1 aliphatic heterocycles. The lowest BCUT2D eigenvalue weighted by Gasteiger charge is -2.26. The van der Waals surface area contributed by atoms with E-state index < -0.39 is 0 Å². The highest BCUT2D eigenvalue weighted by Crippen LogP contribution is 2.24. The van der Waals surface area contributed by atoms with Crippen molar-refractivity contribution in [2.24, 2.45) is 4.99 Å². The first-order valence-electron chi connectivity index (χ1n) is 9.68.